The van der Waals surface area contributed by atoms with Crippen molar-refractivity contribution in [1.29, 1.82) is 0 Å². The van der Waals surface area contributed by atoms with E-state index in [1.165, 1.54) is 0 Å². The van der Waals surface area contributed by atoms with Crippen LogP contribution in [0.4, 0.5) is 9.59 Å². The molecule has 0 saturated carbocycles. The molecule has 0 amide bonds. The fourth-order valence-electron chi connectivity index (χ4n) is 0.205. The summed E-state index contributed by atoms with van der Waals surface area (Å²) in [5.41, 5.74) is 0. The Morgan fingerprint density at radius 2 is 1.33 bits per heavy atom. The summed E-state index contributed by atoms with van der Waals surface area (Å²) in [7, 11) is -0.102. The van der Waals surface area contributed by atoms with E-state index in [1.807, 2.05) is 0 Å². The first-order chi connectivity index (χ1) is 5.60. The number of hydrogen-bond acceptors (Lipinski definition) is 7. The zero-order valence-electron chi connectivity index (χ0n) is 5.51. The molecule has 0 saturated heterocycles. The molecule has 10 heteroatoms. The molecule has 0 spiro atoms. The van der Waals surface area contributed by atoms with Gasteiger partial charge in [0.1, 0.15) is 0 Å². The van der Waals surface area contributed by atoms with Crippen molar-refractivity contribution in [3.63, 3.8) is 0 Å². The second-order valence-corrected chi connectivity index (χ2v) is 2.57. The van der Waals surface area contributed by atoms with Crippen LogP contribution in [0.5, 0.6) is 0 Å². The molecule has 70 valence electrons. The molecule has 0 fully saturated rings. The Hall–Kier alpha value is -0.370. The minimum atomic E-state index is -3.24. The molecule has 0 aliphatic rings. The van der Waals surface area contributed by atoms with Gasteiger partial charge < -0.3 is 18.1 Å². The third-order valence-corrected chi connectivity index (χ3v) is 1.58. The van der Waals surface area contributed by atoms with Gasteiger partial charge in [-0.2, -0.15) is 0 Å². The third-order valence-electron chi connectivity index (χ3n) is 0.526. The van der Waals surface area contributed by atoms with Crippen LogP contribution in [0.25, 0.3) is 0 Å². The van der Waals surface area contributed by atoms with E-state index >= 15 is 0 Å². The van der Waals surface area contributed by atoms with Crippen molar-refractivity contribution in [3.05, 3.63) is 0 Å². The molecule has 0 rings (SSSR count). The Morgan fingerprint density at radius 3 is 1.58 bits per heavy atom. The van der Waals surface area contributed by atoms with E-state index in [9.17, 15) is 14.2 Å². The third kappa shape index (κ3) is 5.30. The minimum Gasteiger partial charge on any atom is -0.420 e. The standard InChI is InChI=1S/C2H5O7P3/c3-1(6-10)8-12(5)9-2(4)7-11/h12H,10-11H2. The molecule has 0 aromatic heterocycles. The van der Waals surface area contributed by atoms with Gasteiger partial charge in [0.25, 0.3) is 0 Å². The van der Waals surface area contributed by atoms with Crippen LogP contribution in [0, 0.1) is 0 Å². The van der Waals surface area contributed by atoms with Crippen LogP contribution in [0.2, 0.25) is 0 Å². The Labute approximate surface area is 72.6 Å². The van der Waals surface area contributed by atoms with Gasteiger partial charge in [-0.05, 0) is 0 Å². The number of hydrogen-bond donors (Lipinski definition) is 0. The highest BCUT2D eigenvalue weighted by atomic mass is 31.1. The predicted molar refractivity (Wildman–Crippen MR) is 43.6 cm³/mol. The second kappa shape index (κ2) is 6.18. The van der Waals surface area contributed by atoms with Crippen molar-refractivity contribution in [2.45, 2.75) is 0 Å². The van der Waals surface area contributed by atoms with E-state index in [1.54, 1.807) is 18.9 Å². The molecule has 0 bridgehead atoms. The summed E-state index contributed by atoms with van der Waals surface area (Å²) in [6.07, 6.45) is -2.47. The Balaban J connectivity index is 3.74. The van der Waals surface area contributed by atoms with Gasteiger partial charge in [-0.15, -0.1) is 0 Å². The fourth-order valence-corrected chi connectivity index (χ4v) is 0.904. The molecular formula is C2H5O7P3. The lowest BCUT2D eigenvalue weighted by atomic mass is 11.5. The summed E-state index contributed by atoms with van der Waals surface area (Å²) in [4.78, 5) is 20.4. The van der Waals surface area contributed by atoms with Crippen molar-refractivity contribution in [3.8, 4) is 0 Å². The first kappa shape index (κ1) is 11.6. The molecule has 0 aromatic carbocycles. The van der Waals surface area contributed by atoms with Gasteiger partial charge in [0, 0.05) is 0 Å². The average molecular weight is 234 g/mol. The van der Waals surface area contributed by atoms with Gasteiger partial charge in [-0.25, -0.2) is 14.2 Å². The number of rotatable bonds is 2. The second-order valence-electron chi connectivity index (χ2n) is 1.19. The van der Waals surface area contributed by atoms with E-state index in [2.05, 4.69) is 18.1 Å². The van der Waals surface area contributed by atoms with Crippen LogP contribution in [0.3, 0.4) is 0 Å². The van der Waals surface area contributed by atoms with Crippen LogP contribution < -0.4 is 0 Å². The van der Waals surface area contributed by atoms with Gasteiger partial charge >= 0.3 is 20.6 Å². The first-order valence-corrected chi connectivity index (χ1v) is 4.48. The van der Waals surface area contributed by atoms with Gasteiger partial charge in [-0.3, -0.25) is 0 Å². The zero-order chi connectivity index (χ0) is 9.56. The zero-order valence-corrected chi connectivity index (χ0v) is 8.82. The van der Waals surface area contributed by atoms with Crippen molar-refractivity contribution in [1.82, 2.24) is 0 Å². The maximum atomic E-state index is 10.5. The molecule has 7 nitrogen and oxygen atoms in total. The smallest absolute Gasteiger partial charge is 0.420 e. The molecule has 0 radical (unpaired) electrons. The van der Waals surface area contributed by atoms with Gasteiger partial charge in [0.2, 0.25) is 0 Å². The first-order valence-electron chi connectivity index (χ1n) is 2.31. The predicted octanol–water partition coefficient (Wildman–Crippen LogP) is 1.26. The summed E-state index contributed by atoms with van der Waals surface area (Å²) in [5.74, 6) is 0. The van der Waals surface area contributed by atoms with E-state index in [-0.39, 0.29) is 0 Å². The molecule has 12 heavy (non-hydrogen) atoms. The van der Waals surface area contributed by atoms with Gasteiger partial charge in [0.05, 0.1) is 18.9 Å². The summed E-state index contributed by atoms with van der Waals surface area (Å²) >= 11 is 0. The highest BCUT2D eigenvalue weighted by Crippen LogP contribution is 2.25. The largest absolute Gasteiger partial charge is 0.517 e. The van der Waals surface area contributed by atoms with Crippen LogP contribution >= 0.6 is 27.2 Å². The summed E-state index contributed by atoms with van der Waals surface area (Å²) < 4.78 is 26.1. The lowest BCUT2D eigenvalue weighted by Crippen LogP contribution is -1.99. The highest BCUT2D eigenvalue weighted by molar-refractivity contribution is 7.34. The van der Waals surface area contributed by atoms with Crippen molar-refractivity contribution < 1.29 is 32.2 Å². The Kier molecular flexibility index (Phi) is 5.99. The highest BCUT2D eigenvalue weighted by Gasteiger charge is 2.12. The molecule has 0 N–H and O–H groups in total. The van der Waals surface area contributed by atoms with E-state index in [0.717, 1.165) is 0 Å². The minimum absolute atomic E-state index is 1.24. The van der Waals surface area contributed by atoms with Crippen molar-refractivity contribution in [2.24, 2.45) is 0 Å². The van der Waals surface area contributed by atoms with Crippen molar-refractivity contribution >= 4 is 39.5 Å². The van der Waals surface area contributed by atoms with Gasteiger partial charge in [-0.1, -0.05) is 0 Å². The van der Waals surface area contributed by atoms with Crippen LogP contribution in [-0.4, -0.2) is 12.3 Å². The molecule has 2 unspecified atom stereocenters. The normalized spacial score (nSPS) is 8.92. The fraction of sp³-hybridized carbons (Fsp3) is 0. The molecular weight excluding hydrogens is 229 g/mol. The Morgan fingerprint density at radius 1 is 1.00 bits per heavy atom. The summed E-state index contributed by atoms with van der Waals surface area (Å²) in [6.45, 7) is 0. The van der Waals surface area contributed by atoms with E-state index in [0.29, 0.717) is 0 Å². The number of carbonyl (C=O) groups excluding carboxylic acids is 2. The molecule has 0 aliphatic heterocycles. The summed E-state index contributed by atoms with van der Waals surface area (Å²) in [5, 5.41) is 0. The lowest BCUT2D eigenvalue weighted by Gasteiger charge is -2.01. The van der Waals surface area contributed by atoms with Crippen LogP contribution in [0.1, 0.15) is 0 Å². The maximum absolute atomic E-state index is 10.5. The maximum Gasteiger partial charge on any atom is 0.517 e. The number of carbonyl (C=O) groups is 2. The average Bonchev–Trinajstić information content (AvgIpc) is 2.03. The van der Waals surface area contributed by atoms with E-state index in [4.69, 9.17) is 0 Å². The quantitative estimate of drug-likeness (QED) is 0.664. The van der Waals surface area contributed by atoms with Crippen LogP contribution in [0.15, 0.2) is 0 Å². The molecule has 2 atom stereocenters. The Bertz CT molecular complexity index is 181. The molecule has 0 heterocycles. The van der Waals surface area contributed by atoms with Crippen LogP contribution in [-0.2, 0) is 22.7 Å². The molecule has 0 aliphatic carbocycles. The topological polar surface area (TPSA) is 88.1 Å². The summed E-state index contributed by atoms with van der Waals surface area (Å²) in [6, 6.07) is 0. The molecule has 0 aromatic rings. The lowest BCUT2D eigenvalue weighted by molar-refractivity contribution is 0.139. The monoisotopic (exact) mass is 234 g/mol. The SMILES string of the molecule is O=C(OP)O[PH](=O)OC(=O)OP. The van der Waals surface area contributed by atoms with Gasteiger partial charge in [0.15, 0.2) is 0 Å². The van der Waals surface area contributed by atoms with Crippen molar-refractivity contribution in [2.75, 3.05) is 0 Å². The van der Waals surface area contributed by atoms with E-state index < -0.39 is 20.6 Å².